The summed E-state index contributed by atoms with van der Waals surface area (Å²) in [6.45, 7) is 4.63. The predicted molar refractivity (Wildman–Crippen MR) is 271 cm³/mol. The largest absolute Gasteiger partial charge is 0.310 e. The summed E-state index contributed by atoms with van der Waals surface area (Å²) < 4.78 is 31.8. The Hall–Kier alpha value is -8.14. The van der Waals surface area contributed by atoms with Gasteiger partial charge >= 0.3 is 0 Å². The second-order valence-electron chi connectivity index (χ2n) is 18.7. The molecule has 0 saturated heterocycles. The maximum absolute atomic E-state index is 15.9. The minimum absolute atomic E-state index is 0.209. The van der Waals surface area contributed by atoms with Gasteiger partial charge in [0.1, 0.15) is 11.6 Å². The number of nitrogens with zero attached hydrogens (tertiary/aromatic N) is 1. The summed E-state index contributed by atoms with van der Waals surface area (Å²) in [5.41, 5.74) is 21.2. The lowest BCUT2D eigenvalue weighted by Crippen LogP contribution is -2.26. The van der Waals surface area contributed by atoms with Crippen molar-refractivity contribution in [1.29, 1.82) is 0 Å². The van der Waals surface area contributed by atoms with E-state index in [2.05, 4.69) is 195 Å². The quantitative estimate of drug-likeness (QED) is 0.161. The van der Waals surface area contributed by atoms with Crippen molar-refractivity contribution in [3.8, 4) is 66.8 Å². The van der Waals surface area contributed by atoms with Crippen molar-refractivity contribution in [2.24, 2.45) is 0 Å². The Morgan fingerprint density at radius 3 is 1.28 bits per heavy atom. The molecule has 0 atom stereocenters. The molecule has 0 bridgehead atoms. The summed E-state index contributed by atoms with van der Waals surface area (Å²) in [5, 5.41) is 0. The van der Waals surface area contributed by atoms with Crippen LogP contribution >= 0.6 is 0 Å². The van der Waals surface area contributed by atoms with Gasteiger partial charge in [0.25, 0.3) is 0 Å². The number of hydrogen-bond acceptors (Lipinski definition) is 1. The van der Waals surface area contributed by atoms with Gasteiger partial charge < -0.3 is 4.90 Å². The molecule has 0 heterocycles. The fourth-order valence-corrected chi connectivity index (χ4v) is 11.7. The topological polar surface area (TPSA) is 3.24 Å². The van der Waals surface area contributed by atoms with Gasteiger partial charge in [0, 0.05) is 22.5 Å². The Morgan fingerprint density at radius 2 is 0.687 bits per heavy atom. The molecule has 10 aromatic rings. The first-order chi connectivity index (χ1) is 32.8. The third-order valence-electron chi connectivity index (χ3n) is 14.8. The van der Waals surface area contributed by atoms with Gasteiger partial charge in [0.15, 0.2) is 0 Å². The summed E-state index contributed by atoms with van der Waals surface area (Å²) in [5.74, 6) is -0.649. The maximum Gasteiger partial charge on any atom is 0.123 e. The van der Waals surface area contributed by atoms with Crippen LogP contribution in [0.1, 0.15) is 47.2 Å². The molecule has 3 aliphatic rings. The second-order valence-corrected chi connectivity index (χ2v) is 18.7. The van der Waals surface area contributed by atoms with Crippen molar-refractivity contribution in [1.82, 2.24) is 0 Å². The number of hydrogen-bond donors (Lipinski definition) is 0. The first kappa shape index (κ1) is 39.2. The van der Waals surface area contributed by atoms with E-state index in [9.17, 15) is 0 Å². The van der Waals surface area contributed by atoms with Gasteiger partial charge in [-0.25, -0.2) is 8.78 Å². The van der Waals surface area contributed by atoms with Gasteiger partial charge in [0.05, 0.1) is 5.41 Å². The summed E-state index contributed by atoms with van der Waals surface area (Å²) >= 11 is 0. The van der Waals surface area contributed by atoms with Crippen LogP contribution in [0.5, 0.6) is 0 Å². The minimum Gasteiger partial charge on any atom is -0.310 e. The van der Waals surface area contributed by atoms with Crippen LogP contribution in [-0.4, -0.2) is 0 Å². The van der Waals surface area contributed by atoms with Crippen LogP contribution in [0.4, 0.5) is 25.8 Å². The molecule has 0 unspecified atom stereocenters. The van der Waals surface area contributed by atoms with E-state index in [0.29, 0.717) is 0 Å². The number of fused-ring (bicyclic) bond motifs is 13. The number of halogens is 2. The Labute approximate surface area is 389 Å². The summed E-state index contributed by atoms with van der Waals surface area (Å²) in [6.07, 6.45) is 0. The van der Waals surface area contributed by atoms with Crippen molar-refractivity contribution >= 4 is 17.1 Å². The smallest absolute Gasteiger partial charge is 0.123 e. The van der Waals surface area contributed by atoms with Gasteiger partial charge in [-0.15, -0.1) is 0 Å². The third-order valence-corrected chi connectivity index (χ3v) is 14.8. The fraction of sp³-hybridized carbons (Fsp3) is 0.0625. The molecule has 0 N–H and O–H groups in total. The van der Waals surface area contributed by atoms with Gasteiger partial charge in [0.2, 0.25) is 0 Å². The minimum atomic E-state index is -0.990. The van der Waals surface area contributed by atoms with Crippen LogP contribution in [0.15, 0.2) is 224 Å². The van der Waals surface area contributed by atoms with Crippen LogP contribution in [0.2, 0.25) is 0 Å². The summed E-state index contributed by atoms with van der Waals surface area (Å²) in [6, 6.07) is 77.5. The average molecular weight is 864 g/mol. The molecule has 318 valence electrons. The maximum atomic E-state index is 15.9. The van der Waals surface area contributed by atoms with Crippen LogP contribution in [0.25, 0.3) is 66.8 Å². The lowest BCUT2D eigenvalue weighted by molar-refractivity contribution is 0.618. The highest BCUT2D eigenvalue weighted by Gasteiger charge is 2.52. The molecule has 1 spiro atoms. The Balaban J connectivity index is 1.04. The molecule has 3 aliphatic carbocycles. The zero-order valence-electron chi connectivity index (χ0n) is 37.1. The van der Waals surface area contributed by atoms with Gasteiger partial charge in [-0.2, -0.15) is 0 Å². The lowest BCUT2D eigenvalue weighted by Gasteiger charge is -2.32. The normalized spacial score (nSPS) is 13.9. The highest BCUT2D eigenvalue weighted by molar-refractivity contribution is 5.98. The van der Waals surface area contributed by atoms with Gasteiger partial charge in [-0.1, -0.05) is 172 Å². The molecular formula is C64H43F2N. The standard InChI is InChI=1S/C64H43F2N/c1-63(2)57-16-10-9-15-51(57)52-32-28-49(38-59(52)63)67(48-26-21-43(22-27-48)41-13-7-4-8-14-41)50-29-33-55-56-35-45(44-19-17-42(18-20-44)40-11-5-3-6-12-40)23-34-58(56)64(62(55)39-50)60-36-46(65)24-30-53(60)54-31-25-47(66)37-61(54)64/h3-39H,1-2H3. The molecular weight excluding hydrogens is 821 g/mol. The highest BCUT2D eigenvalue weighted by atomic mass is 19.1. The van der Waals surface area contributed by atoms with Crippen molar-refractivity contribution in [3.05, 3.63) is 269 Å². The van der Waals surface area contributed by atoms with E-state index in [-0.39, 0.29) is 17.0 Å². The third kappa shape index (κ3) is 5.84. The Kier molecular flexibility index (Phi) is 8.60. The molecule has 0 radical (unpaired) electrons. The van der Waals surface area contributed by atoms with Crippen LogP contribution in [-0.2, 0) is 10.8 Å². The number of anilines is 3. The zero-order valence-corrected chi connectivity index (χ0v) is 37.1. The van der Waals surface area contributed by atoms with Crippen molar-refractivity contribution < 1.29 is 8.78 Å². The SMILES string of the molecule is CC1(C)c2ccccc2-c2ccc(N(c3ccc(-c4ccccc4)cc3)c3ccc4c(c3)C3(c5ccc(-c6ccc(-c7ccccc7)cc6)cc5-4)c4cc(F)ccc4-c4ccc(F)cc43)cc21. The molecule has 0 aromatic heterocycles. The molecule has 0 saturated carbocycles. The molecule has 10 aromatic carbocycles. The number of benzene rings is 10. The molecule has 0 amide bonds. The van der Waals surface area contributed by atoms with Crippen molar-refractivity contribution in [2.75, 3.05) is 4.90 Å². The molecule has 0 fully saturated rings. The molecule has 67 heavy (non-hydrogen) atoms. The molecule has 13 rings (SSSR count). The first-order valence-electron chi connectivity index (χ1n) is 23.0. The van der Waals surface area contributed by atoms with Crippen molar-refractivity contribution in [3.63, 3.8) is 0 Å². The van der Waals surface area contributed by atoms with E-state index in [1.165, 1.54) is 39.9 Å². The Bertz CT molecular complexity index is 3560. The van der Waals surface area contributed by atoms with Crippen molar-refractivity contribution in [2.45, 2.75) is 24.7 Å². The summed E-state index contributed by atoms with van der Waals surface area (Å²) in [4.78, 5) is 2.35. The number of rotatable bonds is 6. The van der Waals surface area contributed by atoms with E-state index in [4.69, 9.17) is 0 Å². The molecule has 3 heteroatoms. The summed E-state index contributed by atoms with van der Waals surface area (Å²) in [7, 11) is 0. The fourth-order valence-electron chi connectivity index (χ4n) is 11.7. The molecule has 1 nitrogen and oxygen atoms in total. The molecule has 0 aliphatic heterocycles. The predicted octanol–water partition coefficient (Wildman–Crippen LogP) is 17.1. The highest BCUT2D eigenvalue weighted by Crippen LogP contribution is 2.64. The first-order valence-corrected chi connectivity index (χ1v) is 23.0. The van der Waals surface area contributed by atoms with E-state index in [1.807, 2.05) is 24.3 Å². The van der Waals surface area contributed by atoms with E-state index < -0.39 is 5.41 Å². The monoisotopic (exact) mass is 863 g/mol. The van der Waals surface area contributed by atoms with Gasteiger partial charge in [-0.05, 0) is 167 Å². The van der Waals surface area contributed by atoms with Crippen LogP contribution in [0, 0.1) is 11.6 Å². The van der Waals surface area contributed by atoms with Crippen LogP contribution in [0.3, 0.4) is 0 Å². The van der Waals surface area contributed by atoms with E-state index in [1.54, 1.807) is 12.1 Å². The zero-order chi connectivity index (χ0) is 45.0. The lowest BCUT2D eigenvalue weighted by atomic mass is 9.70. The van der Waals surface area contributed by atoms with E-state index >= 15 is 8.78 Å². The van der Waals surface area contributed by atoms with Gasteiger partial charge in [-0.3, -0.25) is 0 Å². The van der Waals surface area contributed by atoms with E-state index in [0.717, 1.165) is 89.4 Å². The average Bonchev–Trinajstić information content (AvgIpc) is 3.91. The second kappa shape index (κ2) is 14.7. The Morgan fingerprint density at radius 1 is 0.284 bits per heavy atom. The van der Waals surface area contributed by atoms with Crippen LogP contribution < -0.4 is 4.90 Å².